The van der Waals surface area contributed by atoms with Crippen LogP contribution in [0, 0.1) is 0 Å². The van der Waals surface area contributed by atoms with Gasteiger partial charge in [-0.15, -0.1) is 0 Å². The van der Waals surface area contributed by atoms with Gasteiger partial charge in [0.25, 0.3) is 0 Å². The zero-order valence-corrected chi connectivity index (χ0v) is 11.9. The molecular weight excluding hydrogens is 274 g/mol. The van der Waals surface area contributed by atoms with Gasteiger partial charge in [-0.2, -0.15) is 10.1 Å². The summed E-state index contributed by atoms with van der Waals surface area (Å²) in [5, 5.41) is 10.8. The van der Waals surface area contributed by atoms with Gasteiger partial charge in [-0.3, -0.25) is 5.10 Å². The number of nitrogens with one attached hydrogen (secondary N) is 2. The van der Waals surface area contributed by atoms with E-state index in [-0.39, 0.29) is 11.2 Å². The maximum atomic E-state index is 6.02. The lowest BCUT2D eigenvalue weighted by molar-refractivity contribution is 0.815. The Morgan fingerprint density at radius 2 is 1.85 bits per heavy atom. The summed E-state index contributed by atoms with van der Waals surface area (Å²) in [6, 6.07) is 9.77. The SMILES string of the molecule is CC(C)c1[nH]nc2c(Nc3ccccc3)nc(Cl)nc12. The first-order chi connectivity index (χ1) is 9.65. The van der Waals surface area contributed by atoms with Gasteiger partial charge in [0.15, 0.2) is 11.3 Å². The van der Waals surface area contributed by atoms with Crippen LogP contribution in [0.1, 0.15) is 25.5 Å². The standard InChI is InChI=1S/C14H14ClN5/c1-8(2)10-11-12(20-19-10)13(18-14(15)17-11)16-9-6-4-3-5-7-9/h3-8H,1-2H3,(H,19,20)(H,16,17,18). The molecule has 20 heavy (non-hydrogen) atoms. The first kappa shape index (κ1) is 12.9. The highest BCUT2D eigenvalue weighted by atomic mass is 35.5. The molecule has 0 unspecified atom stereocenters. The Bertz CT molecular complexity index is 736. The molecule has 0 aliphatic rings. The molecule has 0 saturated carbocycles. The van der Waals surface area contributed by atoms with Crippen LogP contribution in [0.15, 0.2) is 30.3 Å². The van der Waals surface area contributed by atoms with Crippen LogP contribution in [0.5, 0.6) is 0 Å². The molecule has 0 amide bonds. The normalized spacial score (nSPS) is 11.2. The topological polar surface area (TPSA) is 66.5 Å². The minimum Gasteiger partial charge on any atom is -0.338 e. The monoisotopic (exact) mass is 287 g/mol. The Hall–Kier alpha value is -2.14. The first-order valence-electron chi connectivity index (χ1n) is 6.38. The molecule has 0 saturated heterocycles. The van der Waals surface area contributed by atoms with Crippen molar-refractivity contribution in [3.63, 3.8) is 0 Å². The smallest absolute Gasteiger partial charge is 0.225 e. The second kappa shape index (κ2) is 5.09. The number of halogens is 1. The van der Waals surface area contributed by atoms with Crippen LogP contribution in [0.3, 0.4) is 0 Å². The number of H-pyrrole nitrogens is 1. The van der Waals surface area contributed by atoms with Crippen LogP contribution in [0.25, 0.3) is 11.0 Å². The Morgan fingerprint density at radius 1 is 1.10 bits per heavy atom. The molecule has 3 aromatic rings. The zero-order chi connectivity index (χ0) is 14.1. The molecule has 0 atom stereocenters. The molecule has 0 aliphatic heterocycles. The number of rotatable bonds is 3. The summed E-state index contributed by atoms with van der Waals surface area (Å²) in [6.07, 6.45) is 0. The van der Waals surface area contributed by atoms with E-state index in [1.54, 1.807) is 0 Å². The van der Waals surface area contributed by atoms with Crippen LogP contribution < -0.4 is 5.32 Å². The number of para-hydroxylation sites is 1. The maximum absolute atomic E-state index is 6.02. The van der Waals surface area contributed by atoms with E-state index in [9.17, 15) is 0 Å². The molecular formula is C14H14ClN5. The Kier molecular flexibility index (Phi) is 3.28. The van der Waals surface area contributed by atoms with Crippen molar-refractivity contribution in [1.29, 1.82) is 0 Å². The van der Waals surface area contributed by atoms with E-state index in [2.05, 4.69) is 39.3 Å². The minimum atomic E-state index is 0.208. The van der Waals surface area contributed by atoms with E-state index in [1.165, 1.54) is 0 Å². The third-order valence-corrected chi connectivity index (χ3v) is 3.18. The van der Waals surface area contributed by atoms with Crippen molar-refractivity contribution in [3.05, 3.63) is 41.3 Å². The molecule has 0 aliphatic carbocycles. The molecule has 0 spiro atoms. The Balaban J connectivity index is 2.11. The van der Waals surface area contributed by atoms with Crippen molar-refractivity contribution in [3.8, 4) is 0 Å². The number of nitrogens with zero attached hydrogens (tertiary/aromatic N) is 3. The third kappa shape index (κ3) is 2.32. The van der Waals surface area contributed by atoms with Crippen LogP contribution in [0.2, 0.25) is 5.28 Å². The molecule has 2 heterocycles. The van der Waals surface area contributed by atoms with Gasteiger partial charge in [0.1, 0.15) is 5.52 Å². The van der Waals surface area contributed by atoms with E-state index in [4.69, 9.17) is 11.6 Å². The highest BCUT2D eigenvalue weighted by Crippen LogP contribution is 2.28. The summed E-state index contributed by atoms with van der Waals surface area (Å²) >= 11 is 6.02. The van der Waals surface area contributed by atoms with Crippen LogP contribution in [0.4, 0.5) is 11.5 Å². The molecule has 2 aromatic heterocycles. The summed E-state index contributed by atoms with van der Waals surface area (Å²) in [6.45, 7) is 4.15. The number of aromatic nitrogens is 4. The molecule has 0 radical (unpaired) electrons. The predicted octanol–water partition coefficient (Wildman–Crippen LogP) is 3.87. The van der Waals surface area contributed by atoms with Gasteiger partial charge < -0.3 is 5.32 Å². The molecule has 5 nitrogen and oxygen atoms in total. The summed E-state index contributed by atoms with van der Waals surface area (Å²) in [5.41, 5.74) is 3.35. The maximum Gasteiger partial charge on any atom is 0.225 e. The fourth-order valence-corrected chi connectivity index (χ4v) is 2.21. The van der Waals surface area contributed by atoms with Gasteiger partial charge in [0, 0.05) is 5.69 Å². The molecule has 0 fully saturated rings. The van der Waals surface area contributed by atoms with Crippen LogP contribution in [-0.4, -0.2) is 20.2 Å². The minimum absolute atomic E-state index is 0.208. The second-order valence-corrected chi connectivity index (χ2v) is 5.16. The van der Waals surface area contributed by atoms with Crippen molar-refractivity contribution in [2.75, 3.05) is 5.32 Å². The summed E-state index contributed by atoms with van der Waals surface area (Å²) < 4.78 is 0. The van der Waals surface area contributed by atoms with Gasteiger partial charge in [0.05, 0.1) is 5.69 Å². The number of benzene rings is 1. The van der Waals surface area contributed by atoms with Crippen molar-refractivity contribution in [2.45, 2.75) is 19.8 Å². The third-order valence-electron chi connectivity index (χ3n) is 3.01. The van der Waals surface area contributed by atoms with Crippen molar-refractivity contribution in [2.24, 2.45) is 0 Å². The van der Waals surface area contributed by atoms with E-state index in [0.29, 0.717) is 11.3 Å². The van der Waals surface area contributed by atoms with Gasteiger partial charge in [-0.1, -0.05) is 32.0 Å². The van der Waals surface area contributed by atoms with Gasteiger partial charge >= 0.3 is 0 Å². The fourth-order valence-electron chi connectivity index (χ4n) is 2.04. The van der Waals surface area contributed by atoms with E-state index in [0.717, 1.165) is 16.9 Å². The first-order valence-corrected chi connectivity index (χ1v) is 6.76. The highest BCUT2D eigenvalue weighted by Gasteiger charge is 2.16. The van der Waals surface area contributed by atoms with E-state index in [1.807, 2.05) is 30.3 Å². The van der Waals surface area contributed by atoms with E-state index < -0.39 is 0 Å². The quantitative estimate of drug-likeness (QED) is 0.718. The fraction of sp³-hybridized carbons (Fsp3) is 0.214. The molecule has 0 bridgehead atoms. The second-order valence-electron chi connectivity index (χ2n) is 4.82. The van der Waals surface area contributed by atoms with Crippen molar-refractivity contribution >= 4 is 34.1 Å². The van der Waals surface area contributed by atoms with Crippen LogP contribution in [-0.2, 0) is 0 Å². The summed E-state index contributed by atoms with van der Waals surface area (Å²) in [5.74, 6) is 0.893. The number of hydrogen-bond acceptors (Lipinski definition) is 4. The molecule has 3 rings (SSSR count). The van der Waals surface area contributed by atoms with Crippen molar-refractivity contribution in [1.82, 2.24) is 20.2 Å². The number of hydrogen-bond donors (Lipinski definition) is 2. The number of aromatic amines is 1. The van der Waals surface area contributed by atoms with Gasteiger partial charge in [-0.05, 0) is 29.7 Å². The number of fused-ring (bicyclic) bond motifs is 1. The lowest BCUT2D eigenvalue weighted by Crippen LogP contribution is -1.97. The van der Waals surface area contributed by atoms with Crippen molar-refractivity contribution < 1.29 is 0 Å². The largest absolute Gasteiger partial charge is 0.338 e. The lowest BCUT2D eigenvalue weighted by Gasteiger charge is -2.06. The van der Waals surface area contributed by atoms with Gasteiger partial charge in [0.2, 0.25) is 5.28 Å². The Labute approximate surface area is 121 Å². The molecule has 6 heteroatoms. The van der Waals surface area contributed by atoms with Crippen LogP contribution >= 0.6 is 11.6 Å². The number of anilines is 2. The molecule has 102 valence electrons. The average molecular weight is 288 g/mol. The molecule has 2 N–H and O–H groups in total. The highest BCUT2D eigenvalue weighted by molar-refractivity contribution is 6.28. The molecule has 1 aromatic carbocycles. The van der Waals surface area contributed by atoms with Gasteiger partial charge in [-0.25, -0.2) is 4.98 Å². The summed E-state index contributed by atoms with van der Waals surface area (Å²) in [7, 11) is 0. The van der Waals surface area contributed by atoms with E-state index >= 15 is 0 Å². The Morgan fingerprint density at radius 3 is 2.55 bits per heavy atom. The zero-order valence-electron chi connectivity index (χ0n) is 11.2. The predicted molar refractivity (Wildman–Crippen MR) is 80.5 cm³/mol. The summed E-state index contributed by atoms with van der Waals surface area (Å²) in [4.78, 5) is 8.51. The average Bonchev–Trinajstić information content (AvgIpc) is 2.83. The lowest BCUT2D eigenvalue weighted by atomic mass is 10.1.